The van der Waals surface area contributed by atoms with Crippen molar-refractivity contribution in [3.63, 3.8) is 0 Å². The Morgan fingerprint density at radius 1 is 1.48 bits per heavy atom. The lowest BCUT2D eigenvalue weighted by molar-refractivity contribution is -0.139. The normalized spacial score (nSPS) is 11.4. The monoisotopic (exact) mass is 307 g/mol. The fourth-order valence-electron chi connectivity index (χ4n) is 1.67. The molecule has 0 saturated carbocycles. The zero-order chi connectivity index (χ0) is 15.4. The number of benzene rings is 1. The van der Waals surface area contributed by atoms with Crippen LogP contribution in [-0.4, -0.2) is 29.8 Å². The van der Waals surface area contributed by atoms with Crippen LogP contribution < -0.4 is 24.2 Å². The van der Waals surface area contributed by atoms with Crippen LogP contribution in [-0.2, 0) is 4.79 Å². The molecule has 0 radical (unpaired) electrons. The first-order chi connectivity index (χ1) is 9.99. The zero-order valence-corrected chi connectivity index (χ0v) is 12.0. The number of methoxy groups -OCH3 is 1. The van der Waals surface area contributed by atoms with Crippen LogP contribution in [0.2, 0.25) is 0 Å². The molecule has 0 atom stereocenters. The topological polar surface area (TPSA) is 88.6 Å². The highest BCUT2D eigenvalue weighted by Gasteiger charge is 2.07. The first-order valence-electron chi connectivity index (χ1n) is 5.92. The molecule has 0 aliphatic carbocycles. The zero-order valence-electron chi connectivity index (χ0n) is 11.2. The van der Waals surface area contributed by atoms with E-state index in [1.807, 2.05) is 0 Å². The molecule has 7 heteroatoms. The van der Waals surface area contributed by atoms with Gasteiger partial charge >= 0.3 is 5.97 Å². The molecule has 6 nitrogen and oxygen atoms in total. The summed E-state index contributed by atoms with van der Waals surface area (Å²) in [5.41, 5.74) is 0.539. The van der Waals surface area contributed by atoms with E-state index >= 15 is 0 Å². The van der Waals surface area contributed by atoms with Gasteiger partial charge in [-0.2, -0.15) is 0 Å². The Balaban J connectivity index is 2.37. The Bertz CT molecular complexity index is 821. The molecule has 1 heterocycles. The van der Waals surface area contributed by atoms with Crippen molar-refractivity contribution in [2.45, 2.75) is 0 Å². The summed E-state index contributed by atoms with van der Waals surface area (Å²) in [5, 5.41) is 8.61. The summed E-state index contributed by atoms with van der Waals surface area (Å²) in [6.07, 6.45) is 1.70. The number of rotatable bonds is 5. The highest BCUT2D eigenvalue weighted by atomic mass is 32.1. The summed E-state index contributed by atoms with van der Waals surface area (Å²) in [6.45, 7) is 3.23. The van der Waals surface area contributed by atoms with Crippen LogP contribution >= 0.6 is 11.3 Å². The molecule has 0 fully saturated rings. The van der Waals surface area contributed by atoms with Gasteiger partial charge in [-0.3, -0.25) is 4.79 Å². The van der Waals surface area contributed by atoms with Crippen molar-refractivity contribution < 1.29 is 19.4 Å². The molecule has 0 bridgehead atoms. The number of aromatic amines is 1. The minimum absolute atomic E-state index is 0.199. The summed E-state index contributed by atoms with van der Waals surface area (Å²) in [5.74, 6) is -0.344. The van der Waals surface area contributed by atoms with Gasteiger partial charge in [0.25, 0.3) is 5.56 Å². The summed E-state index contributed by atoms with van der Waals surface area (Å²) in [6, 6.07) is 4.97. The van der Waals surface area contributed by atoms with Gasteiger partial charge in [0.2, 0.25) is 0 Å². The molecule has 1 aromatic carbocycles. The van der Waals surface area contributed by atoms with Crippen molar-refractivity contribution in [2.75, 3.05) is 13.7 Å². The lowest BCUT2D eigenvalue weighted by atomic mass is 10.2. The van der Waals surface area contributed by atoms with E-state index in [0.717, 1.165) is 5.56 Å². The van der Waals surface area contributed by atoms with Crippen LogP contribution in [0.4, 0.5) is 0 Å². The number of aliphatic carboxylic acids is 1. The van der Waals surface area contributed by atoms with E-state index in [-0.39, 0.29) is 5.56 Å². The van der Waals surface area contributed by atoms with Crippen LogP contribution in [0.5, 0.6) is 11.5 Å². The number of thiazole rings is 1. The fraction of sp³-hybridized carbons (Fsp3) is 0.143. The van der Waals surface area contributed by atoms with Crippen molar-refractivity contribution in [3.8, 4) is 11.5 Å². The van der Waals surface area contributed by atoms with Gasteiger partial charge in [0.05, 0.1) is 16.3 Å². The summed E-state index contributed by atoms with van der Waals surface area (Å²) >= 11 is 1.26. The Morgan fingerprint density at radius 3 is 2.81 bits per heavy atom. The number of ether oxygens (including phenoxy) is 2. The maximum atomic E-state index is 11.6. The van der Waals surface area contributed by atoms with Crippen LogP contribution in [0.15, 0.2) is 23.0 Å². The third-order valence-corrected chi connectivity index (χ3v) is 3.42. The van der Waals surface area contributed by atoms with E-state index in [4.69, 9.17) is 14.6 Å². The molecule has 0 saturated heterocycles. The van der Waals surface area contributed by atoms with Crippen LogP contribution in [0.1, 0.15) is 5.56 Å². The first-order valence-corrected chi connectivity index (χ1v) is 6.73. The van der Waals surface area contributed by atoms with Gasteiger partial charge in [-0.05, 0) is 23.8 Å². The number of carboxylic acid groups (broad SMARTS) is 1. The standard InChI is InChI=1S/C14H13NO5S/c1-8-15-14(18)12(21-8)6-9-3-4-10(11(5-9)19-2)20-7-13(16)17/h3-6H,1,7H2,2H3,(H,15,18)(H,16,17)/b12-6-. The van der Waals surface area contributed by atoms with Crippen molar-refractivity contribution in [1.29, 1.82) is 0 Å². The molecule has 0 spiro atoms. The smallest absolute Gasteiger partial charge is 0.341 e. The highest BCUT2D eigenvalue weighted by Crippen LogP contribution is 2.28. The quantitative estimate of drug-likeness (QED) is 0.821. The van der Waals surface area contributed by atoms with E-state index in [2.05, 4.69) is 11.6 Å². The molecule has 21 heavy (non-hydrogen) atoms. The average Bonchev–Trinajstić information content (AvgIpc) is 2.75. The second-order valence-electron chi connectivity index (χ2n) is 4.08. The second kappa shape index (κ2) is 6.27. The molecule has 110 valence electrons. The number of hydrogen-bond donors (Lipinski definition) is 2. The average molecular weight is 307 g/mol. The van der Waals surface area contributed by atoms with Gasteiger partial charge in [-0.25, -0.2) is 4.79 Å². The van der Waals surface area contributed by atoms with Gasteiger partial charge in [-0.15, -0.1) is 11.3 Å². The number of hydrogen-bond acceptors (Lipinski definition) is 5. The van der Waals surface area contributed by atoms with Gasteiger partial charge in [0.15, 0.2) is 18.1 Å². The molecule has 0 amide bonds. The molecule has 0 unspecified atom stereocenters. The summed E-state index contributed by atoms with van der Waals surface area (Å²) in [7, 11) is 1.46. The number of aromatic nitrogens is 1. The van der Waals surface area contributed by atoms with Crippen LogP contribution in [0.3, 0.4) is 0 Å². The minimum Gasteiger partial charge on any atom is -0.493 e. The third kappa shape index (κ3) is 3.73. The molecule has 2 aromatic rings. The summed E-state index contributed by atoms with van der Waals surface area (Å²) < 4.78 is 11.4. The van der Waals surface area contributed by atoms with Gasteiger partial charge < -0.3 is 19.6 Å². The summed E-state index contributed by atoms with van der Waals surface area (Å²) in [4.78, 5) is 24.7. The third-order valence-electron chi connectivity index (χ3n) is 2.55. The van der Waals surface area contributed by atoms with Gasteiger partial charge in [-0.1, -0.05) is 12.6 Å². The number of nitrogens with one attached hydrogen (secondary N) is 1. The minimum atomic E-state index is -1.07. The van der Waals surface area contributed by atoms with Gasteiger partial charge in [0.1, 0.15) is 0 Å². The second-order valence-corrected chi connectivity index (χ2v) is 5.22. The SMILES string of the molecule is C=c1[nH]c(=O)/c(=C/c2ccc(OCC(=O)O)c(OC)c2)s1. The van der Waals surface area contributed by atoms with E-state index in [9.17, 15) is 9.59 Å². The highest BCUT2D eigenvalue weighted by molar-refractivity contribution is 7.07. The predicted octanol–water partition coefficient (Wildman–Crippen LogP) is 0.147. The fourth-order valence-corrected chi connectivity index (χ4v) is 2.42. The van der Waals surface area contributed by atoms with Crippen molar-refractivity contribution in [3.05, 3.63) is 43.3 Å². The maximum Gasteiger partial charge on any atom is 0.341 e. The Hall–Kier alpha value is -2.54. The Kier molecular flexibility index (Phi) is 4.44. The largest absolute Gasteiger partial charge is 0.493 e. The maximum absolute atomic E-state index is 11.6. The van der Waals surface area contributed by atoms with E-state index in [1.54, 1.807) is 24.3 Å². The number of carboxylic acids is 1. The van der Waals surface area contributed by atoms with Crippen LogP contribution in [0, 0.1) is 0 Å². The number of H-pyrrole nitrogens is 1. The molecule has 2 rings (SSSR count). The molecule has 0 aliphatic rings. The van der Waals surface area contributed by atoms with Gasteiger partial charge in [0, 0.05) is 0 Å². The first kappa shape index (κ1) is 14.9. The lowest BCUT2D eigenvalue weighted by Gasteiger charge is -2.09. The van der Waals surface area contributed by atoms with Crippen LogP contribution in [0.25, 0.3) is 12.7 Å². The van der Waals surface area contributed by atoms with Crippen molar-refractivity contribution >= 4 is 30.0 Å². The van der Waals surface area contributed by atoms with E-state index in [0.29, 0.717) is 20.7 Å². The van der Waals surface area contributed by atoms with Crippen molar-refractivity contribution in [1.82, 2.24) is 4.98 Å². The van der Waals surface area contributed by atoms with E-state index in [1.165, 1.54) is 18.4 Å². The van der Waals surface area contributed by atoms with E-state index < -0.39 is 12.6 Å². The predicted molar refractivity (Wildman–Crippen MR) is 79.4 cm³/mol. The number of carbonyl (C=O) groups is 1. The molecular weight excluding hydrogens is 294 g/mol. The Morgan fingerprint density at radius 2 is 2.24 bits per heavy atom. The molecule has 0 aliphatic heterocycles. The van der Waals surface area contributed by atoms with Crippen molar-refractivity contribution in [2.24, 2.45) is 0 Å². The molecule has 1 aromatic heterocycles. The molecular formula is C14H13NO5S. The molecule has 2 N–H and O–H groups in total. The Labute approximate surface area is 123 Å². The lowest BCUT2D eigenvalue weighted by Crippen LogP contribution is -2.19.